The third-order valence-electron chi connectivity index (χ3n) is 2.58. The molecule has 1 aromatic carbocycles. The molecular formula is C14H16BrClO3. The molecule has 0 aromatic heterocycles. The third kappa shape index (κ3) is 5.74. The number of Topliss-reactive ketones (excluding diaryl/α,β-unsaturated/α-hetero) is 1. The first kappa shape index (κ1) is 16.2. The van der Waals surface area contributed by atoms with Crippen molar-refractivity contribution in [2.75, 3.05) is 6.61 Å². The smallest absolute Gasteiger partial charge is 0.305 e. The van der Waals surface area contributed by atoms with Crippen molar-refractivity contribution in [3.63, 3.8) is 0 Å². The van der Waals surface area contributed by atoms with Gasteiger partial charge in [-0.3, -0.25) is 9.59 Å². The minimum Gasteiger partial charge on any atom is -0.466 e. The second kappa shape index (κ2) is 8.33. The van der Waals surface area contributed by atoms with Crippen molar-refractivity contribution in [3.8, 4) is 0 Å². The molecule has 0 radical (unpaired) electrons. The van der Waals surface area contributed by atoms with Crippen LogP contribution in [0.15, 0.2) is 22.7 Å². The molecule has 0 unspecified atom stereocenters. The fourth-order valence-corrected chi connectivity index (χ4v) is 2.10. The Labute approximate surface area is 126 Å². The predicted octanol–water partition coefficient (Wildman–Crippen LogP) is 4.41. The van der Waals surface area contributed by atoms with Crippen LogP contribution >= 0.6 is 27.5 Å². The van der Waals surface area contributed by atoms with Crippen LogP contribution in [-0.2, 0) is 9.53 Å². The third-order valence-corrected chi connectivity index (χ3v) is 3.80. The highest BCUT2D eigenvalue weighted by molar-refractivity contribution is 9.10. The van der Waals surface area contributed by atoms with Gasteiger partial charge in [-0.05, 0) is 53.9 Å². The summed E-state index contributed by atoms with van der Waals surface area (Å²) < 4.78 is 5.53. The van der Waals surface area contributed by atoms with Crippen molar-refractivity contribution in [2.24, 2.45) is 0 Å². The number of halogens is 2. The zero-order valence-corrected chi connectivity index (χ0v) is 13.1. The van der Waals surface area contributed by atoms with Gasteiger partial charge in [0, 0.05) is 22.9 Å². The van der Waals surface area contributed by atoms with Gasteiger partial charge in [0.15, 0.2) is 5.78 Å². The lowest BCUT2D eigenvalue weighted by atomic mass is 10.0. The Morgan fingerprint density at radius 3 is 2.58 bits per heavy atom. The molecule has 0 spiro atoms. The van der Waals surface area contributed by atoms with E-state index >= 15 is 0 Å². The summed E-state index contributed by atoms with van der Waals surface area (Å²) >= 11 is 9.15. The first-order valence-electron chi connectivity index (χ1n) is 6.18. The molecule has 1 rings (SSSR count). The van der Waals surface area contributed by atoms with Crippen LogP contribution < -0.4 is 0 Å². The van der Waals surface area contributed by atoms with Gasteiger partial charge in [-0.15, -0.1) is 0 Å². The SMILES string of the molecule is CCOC(=O)CCCCC(=O)c1ccc(Cl)c(Br)c1. The van der Waals surface area contributed by atoms with E-state index in [2.05, 4.69) is 15.9 Å². The lowest BCUT2D eigenvalue weighted by molar-refractivity contribution is -0.143. The van der Waals surface area contributed by atoms with Gasteiger partial charge in [0.2, 0.25) is 0 Å². The molecule has 0 N–H and O–H groups in total. The first-order valence-corrected chi connectivity index (χ1v) is 7.35. The van der Waals surface area contributed by atoms with Gasteiger partial charge in [-0.1, -0.05) is 11.6 Å². The van der Waals surface area contributed by atoms with Crippen LogP contribution in [0.1, 0.15) is 43.0 Å². The molecule has 1 aromatic rings. The first-order chi connectivity index (χ1) is 9.04. The number of carbonyl (C=O) groups excluding carboxylic acids is 2. The van der Waals surface area contributed by atoms with E-state index in [4.69, 9.17) is 16.3 Å². The van der Waals surface area contributed by atoms with E-state index < -0.39 is 0 Å². The summed E-state index contributed by atoms with van der Waals surface area (Å²) in [5, 5.41) is 0.582. The van der Waals surface area contributed by atoms with Crippen molar-refractivity contribution in [1.29, 1.82) is 0 Å². The molecule has 0 fully saturated rings. The summed E-state index contributed by atoms with van der Waals surface area (Å²) in [6.45, 7) is 2.18. The monoisotopic (exact) mass is 346 g/mol. The molecule has 0 aliphatic rings. The van der Waals surface area contributed by atoms with E-state index in [0.717, 1.165) is 0 Å². The summed E-state index contributed by atoms with van der Waals surface area (Å²) in [7, 11) is 0. The number of ketones is 1. The molecule has 0 aliphatic heterocycles. The molecule has 5 heteroatoms. The average molecular weight is 348 g/mol. The Morgan fingerprint density at radius 2 is 1.95 bits per heavy atom. The van der Waals surface area contributed by atoms with Crippen LogP contribution in [0.5, 0.6) is 0 Å². The lowest BCUT2D eigenvalue weighted by Crippen LogP contribution is -2.04. The topological polar surface area (TPSA) is 43.4 Å². The minimum absolute atomic E-state index is 0.0567. The van der Waals surface area contributed by atoms with Gasteiger partial charge in [0.25, 0.3) is 0 Å². The number of benzene rings is 1. The Balaban J connectivity index is 2.35. The van der Waals surface area contributed by atoms with Crippen molar-refractivity contribution < 1.29 is 14.3 Å². The van der Waals surface area contributed by atoms with E-state index in [9.17, 15) is 9.59 Å². The summed E-state index contributed by atoms with van der Waals surface area (Å²) in [5.41, 5.74) is 0.632. The fourth-order valence-electron chi connectivity index (χ4n) is 1.60. The van der Waals surface area contributed by atoms with E-state index in [-0.39, 0.29) is 11.8 Å². The number of ether oxygens (including phenoxy) is 1. The van der Waals surface area contributed by atoms with Crippen molar-refractivity contribution in [3.05, 3.63) is 33.3 Å². The number of esters is 1. The quantitative estimate of drug-likeness (QED) is 0.417. The van der Waals surface area contributed by atoms with Crippen LogP contribution in [0.25, 0.3) is 0 Å². The van der Waals surface area contributed by atoms with Crippen LogP contribution in [0.4, 0.5) is 0 Å². The molecule has 0 aliphatic carbocycles. The number of unbranched alkanes of at least 4 members (excludes halogenated alkanes) is 1. The van der Waals surface area contributed by atoms with Crippen molar-refractivity contribution in [1.82, 2.24) is 0 Å². The highest BCUT2D eigenvalue weighted by Crippen LogP contribution is 2.24. The highest BCUT2D eigenvalue weighted by Gasteiger charge is 2.08. The molecule has 0 heterocycles. The van der Waals surface area contributed by atoms with E-state index in [1.165, 1.54) is 0 Å². The van der Waals surface area contributed by atoms with Crippen molar-refractivity contribution >= 4 is 39.3 Å². The molecule has 3 nitrogen and oxygen atoms in total. The van der Waals surface area contributed by atoms with E-state index in [1.54, 1.807) is 25.1 Å². The molecular weight excluding hydrogens is 332 g/mol. The van der Waals surface area contributed by atoms with Gasteiger partial charge >= 0.3 is 5.97 Å². The van der Waals surface area contributed by atoms with E-state index in [0.29, 0.717) is 47.3 Å². The van der Waals surface area contributed by atoms with Crippen LogP contribution in [-0.4, -0.2) is 18.4 Å². The Morgan fingerprint density at radius 1 is 1.26 bits per heavy atom. The summed E-state index contributed by atoms with van der Waals surface area (Å²) in [4.78, 5) is 23.0. The summed E-state index contributed by atoms with van der Waals surface area (Å²) in [6.07, 6.45) is 2.14. The van der Waals surface area contributed by atoms with Crippen LogP contribution in [0, 0.1) is 0 Å². The molecule has 0 bridgehead atoms. The Kier molecular flexibility index (Phi) is 7.10. The molecule has 0 saturated heterocycles. The lowest BCUT2D eigenvalue weighted by Gasteiger charge is -2.03. The maximum atomic E-state index is 11.9. The standard InChI is InChI=1S/C14H16BrClO3/c1-2-19-14(18)6-4-3-5-13(17)10-7-8-12(16)11(15)9-10/h7-9H,2-6H2,1H3. The molecule has 0 saturated carbocycles. The number of carbonyl (C=O) groups is 2. The molecule has 104 valence electrons. The zero-order chi connectivity index (χ0) is 14.3. The number of hydrogen-bond acceptors (Lipinski definition) is 3. The second-order valence-corrected chi connectivity index (χ2v) is 5.33. The Bertz CT molecular complexity index is 460. The minimum atomic E-state index is -0.204. The summed E-state index contributed by atoms with van der Waals surface area (Å²) in [6, 6.07) is 5.12. The van der Waals surface area contributed by atoms with Gasteiger partial charge in [-0.2, -0.15) is 0 Å². The molecule has 0 atom stereocenters. The predicted molar refractivity (Wildman–Crippen MR) is 78.6 cm³/mol. The largest absolute Gasteiger partial charge is 0.466 e. The van der Waals surface area contributed by atoms with Gasteiger partial charge in [0.05, 0.1) is 11.6 Å². The van der Waals surface area contributed by atoms with Crippen LogP contribution in [0.2, 0.25) is 5.02 Å². The number of hydrogen-bond donors (Lipinski definition) is 0. The second-order valence-electron chi connectivity index (χ2n) is 4.06. The molecule has 0 amide bonds. The highest BCUT2D eigenvalue weighted by atomic mass is 79.9. The fraction of sp³-hybridized carbons (Fsp3) is 0.429. The average Bonchev–Trinajstić information content (AvgIpc) is 2.38. The van der Waals surface area contributed by atoms with Crippen LogP contribution in [0.3, 0.4) is 0 Å². The van der Waals surface area contributed by atoms with E-state index in [1.807, 2.05) is 0 Å². The summed E-state index contributed by atoms with van der Waals surface area (Å²) in [5.74, 6) is -0.148. The van der Waals surface area contributed by atoms with Gasteiger partial charge in [0.1, 0.15) is 0 Å². The number of rotatable bonds is 7. The maximum Gasteiger partial charge on any atom is 0.305 e. The molecule has 19 heavy (non-hydrogen) atoms. The zero-order valence-electron chi connectivity index (χ0n) is 10.7. The normalized spacial score (nSPS) is 10.3. The van der Waals surface area contributed by atoms with Gasteiger partial charge < -0.3 is 4.74 Å². The van der Waals surface area contributed by atoms with Crippen molar-refractivity contribution in [2.45, 2.75) is 32.6 Å². The maximum absolute atomic E-state index is 11.9. The Hall–Kier alpha value is -0.870. The van der Waals surface area contributed by atoms with Gasteiger partial charge in [-0.25, -0.2) is 0 Å².